The lowest BCUT2D eigenvalue weighted by Crippen LogP contribution is -2.46. The van der Waals surface area contributed by atoms with Crippen molar-refractivity contribution in [3.8, 4) is 5.75 Å². The molecule has 0 aromatic carbocycles. The van der Waals surface area contributed by atoms with Crippen LogP contribution >= 0.6 is 0 Å². The summed E-state index contributed by atoms with van der Waals surface area (Å²) in [6.45, 7) is 4.29. The molecule has 3 aromatic heterocycles. The van der Waals surface area contributed by atoms with E-state index in [0.717, 1.165) is 25.2 Å². The van der Waals surface area contributed by atoms with Crippen LogP contribution in [0, 0.1) is 12.8 Å². The molecule has 178 valence electrons. The van der Waals surface area contributed by atoms with E-state index in [4.69, 9.17) is 14.6 Å². The standard InChI is InChI=1S/C25H27N3O6/c1-14-5-6-21(33-14)18(9-22(26)30)25-24(32)20(29)8-17(34-25)13-27-10-15-7-16(12-27)19-3-2-4-23(31)28(19)11-15/h2-6,8,15-16,18,32H,7,9-13H2,1H3,(H2,26,30)/t15-,16+,18-/m1/s1. The van der Waals surface area contributed by atoms with Gasteiger partial charge in [0.15, 0.2) is 5.76 Å². The molecule has 9 nitrogen and oxygen atoms in total. The van der Waals surface area contributed by atoms with Gasteiger partial charge >= 0.3 is 0 Å². The Morgan fingerprint density at radius 1 is 1.18 bits per heavy atom. The minimum atomic E-state index is -0.807. The lowest BCUT2D eigenvalue weighted by Gasteiger charge is -2.42. The molecule has 0 radical (unpaired) electrons. The second-order valence-corrected chi connectivity index (χ2v) is 9.35. The van der Waals surface area contributed by atoms with E-state index in [1.807, 2.05) is 10.6 Å². The molecular weight excluding hydrogens is 438 g/mol. The maximum atomic E-state index is 12.6. The van der Waals surface area contributed by atoms with Crippen molar-refractivity contribution < 1.29 is 18.7 Å². The fourth-order valence-electron chi connectivity index (χ4n) is 5.38. The highest BCUT2D eigenvalue weighted by molar-refractivity contribution is 5.75. The van der Waals surface area contributed by atoms with Crippen molar-refractivity contribution in [2.45, 2.75) is 44.7 Å². The van der Waals surface area contributed by atoms with Gasteiger partial charge in [-0.1, -0.05) is 6.07 Å². The Hall–Kier alpha value is -3.59. The highest BCUT2D eigenvalue weighted by Crippen LogP contribution is 2.37. The number of rotatable bonds is 6. The van der Waals surface area contributed by atoms with Crippen LogP contribution in [0.2, 0.25) is 0 Å². The monoisotopic (exact) mass is 465 g/mol. The summed E-state index contributed by atoms with van der Waals surface area (Å²) in [6.07, 6.45) is 0.843. The van der Waals surface area contributed by atoms with Crippen LogP contribution in [-0.4, -0.2) is 33.6 Å². The molecule has 0 spiro atoms. The van der Waals surface area contributed by atoms with Gasteiger partial charge in [0.2, 0.25) is 17.1 Å². The highest BCUT2D eigenvalue weighted by Gasteiger charge is 2.35. The van der Waals surface area contributed by atoms with Gasteiger partial charge in [-0.05, 0) is 37.5 Å². The number of aryl methyl sites for hydroxylation is 1. The third-order valence-electron chi connectivity index (χ3n) is 6.76. The summed E-state index contributed by atoms with van der Waals surface area (Å²) in [5.74, 6) is -0.0360. The topological polar surface area (TPSA) is 132 Å². The number of pyridine rings is 1. The number of carbonyl (C=O) groups excluding carboxylic acids is 1. The van der Waals surface area contributed by atoms with E-state index in [9.17, 15) is 19.5 Å². The van der Waals surface area contributed by atoms with E-state index in [-0.39, 0.29) is 23.7 Å². The number of furan rings is 1. The van der Waals surface area contributed by atoms with Crippen LogP contribution in [0.25, 0.3) is 0 Å². The number of carbonyl (C=O) groups is 1. The van der Waals surface area contributed by atoms with Gasteiger partial charge in [0, 0.05) is 49.8 Å². The highest BCUT2D eigenvalue weighted by atomic mass is 16.4. The number of nitrogens with two attached hydrogens (primary N) is 1. The first-order chi connectivity index (χ1) is 16.3. The molecule has 1 fully saturated rings. The van der Waals surface area contributed by atoms with Crippen molar-refractivity contribution in [2.24, 2.45) is 11.7 Å². The summed E-state index contributed by atoms with van der Waals surface area (Å²) >= 11 is 0. The summed E-state index contributed by atoms with van der Waals surface area (Å²) in [5.41, 5.74) is 5.93. The number of hydrogen-bond acceptors (Lipinski definition) is 7. The van der Waals surface area contributed by atoms with E-state index < -0.39 is 23.0 Å². The molecule has 2 aliphatic rings. The number of aromatic nitrogens is 1. The molecule has 34 heavy (non-hydrogen) atoms. The maximum Gasteiger partial charge on any atom is 0.250 e. The molecule has 0 unspecified atom stereocenters. The maximum absolute atomic E-state index is 12.6. The summed E-state index contributed by atoms with van der Waals surface area (Å²) in [7, 11) is 0. The number of amides is 1. The van der Waals surface area contributed by atoms with Gasteiger partial charge in [-0.15, -0.1) is 0 Å². The smallest absolute Gasteiger partial charge is 0.250 e. The van der Waals surface area contributed by atoms with Crippen LogP contribution in [0.1, 0.15) is 53.4 Å². The summed E-state index contributed by atoms with van der Waals surface area (Å²) in [5, 5.41) is 10.5. The zero-order valence-electron chi connectivity index (χ0n) is 18.9. The van der Waals surface area contributed by atoms with Gasteiger partial charge in [0.25, 0.3) is 5.56 Å². The van der Waals surface area contributed by atoms with Crippen molar-refractivity contribution in [1.82, 2.24) is 9.47 Å². The molecule has 1 saturated heterocycles. The molecule has 0 aliphatic carbocycles. The van der Waals surface area contributed by atoms with Crippen molar-refractivity contribution >= 4 is 5.91 Å². The van der Waals surface area contributed by atoms with Crippen LogP contribution in [0.3, 0.4) is 0 Å². The largest absolute Gasteiger partial charge is 0.502 e. The first-order valence-corrected chi connectivity index (χ1v) is 11.4. The second kappa shape index (κ2) is 8.64. The van der Waals surface area contributed by atoms with Crippen LogP contribution in [0.5, 0.6) is 5.75 Å². The van der Waals surface area contributed by atoms with Crippen molar-refractivity contribution in [3.63, 3.8) is 0 Å². The van der Waals surface area contributed by atoms with Crippen LogP contribution in [-0.2, 0) is 17.9 Å². The van der Waals surface area contributed by atoms with Crippen molar-refractivity contribution in [2.75, 3.05) is 13.1 Å². The van der Waals surface area contributed by atoms with Crippen molar-refractivity contribution in [3.05, 3.63) is 85.7 Å². The Balaban J connectivity index is 1.44. The average molecular weight is 466 g/mol. The van der Waals surface area contributed by atoms with Crippen LogP contribution in [0.15, 0.2) is 54.8 Å². The minimum absolute atomic E-state index is 0.0234. The summed E-state index contributed by atoms with van der Waals surface area (Å²) in [6, 6.07) is 10.1. The summed E-state index contributed by atoms with van der Waals surface area (Å²) in [4.78, 5) is 38.8. The molecule has 5 rings (SSSR count). The number of hydrogen-bond donors (Lipinski definition) is 2. The minimum Gasteiger partial charge on any atom is -0.502 e. The fourth-order valence-corrected chi connectivity index (χ4v) is 5.38. The predicted molar refractivity (Wildman–Crippen MR) is 123 cm³/mol. The lowest BCUT2D eigenvalue weighted by atomic mass is 9.83. The zero-order chi connectivity index (χ0) is 24.0. The van der Waals surface area contributed by atoms with Gasteiger partial charge in [-0.25, -0.2) is 0 Å². The molecule has 9 heteroatoms. The third kappa shape index (κ3) is 4.19. The Morgan fingerprint density at radius 2 is 2.00 bits per heavy atom. The zero-order valence-corrected chi connectivity index (χ0v) is 18.9. The van der Waals surface area contributed by atoms with E-state index in [1.165, 1.54) is 6.07 Å². The van der Waals surface area contributed by atoms with E-state index in [0.29, 0.717) is 36.3 Å². The van der Waals surface area contributed by atoms with E-state index in [1.54, 1.807) is 31.2 Å². The van der Waals surface area contributed by atoms with E-state index >= 15 is 0 Å². The first-order valence-electron chi connectivity index (χ1n) is 11.4. The Morgan fingerprint density at radius 3 is 2.74 bits per heavy atom. The predicted octanol–water partition coefficient (Wildman–Crippen LogP) is 2.04. The first kappa shape index (κ1) is 22.2. The second-order valence-electron chi connectivity index (χ2n) is 9.35. The Kier molecular flexibility index (Phi) is 5.65. The number of piperidine rings is 1. The van der Waals surface area contributed by atoms with Crippen molar-refractivity contribution in [1.29, 1.82) is 0 Å². The SMILES string of the molecule is Cc1ccc([C@@H](CC(N)=O)c2oc(CN3C[C@H]4C[C@@H](C3)c3cccc(=O)n3C4)cc(=O)c2O)o1. The molecule has 0 saturated carbocycles. The molecule has 1 amide bonds. The van der Waals surface area contributed by atoms with Crippen LogP contribution in [0.4, 0.5) is 0 Å². The van der Waals surface area contributed by atoms with Gasteiger partial charge in [-0.3, -0.25) is 19.3 Å². The number of fused-ring (bicyclic) bond motifs is 4. The Bertz CT molecular complexity index is 1350. The molecule has 2 aliphatic heterocycles. The third-order valence-corrected chi connectivity index (χ3v) is 6.76. The molecule has 3 atom stereocenters. The fraction of sp³-hybridized carbons (Fsp3) is 0.400. The van der Waals surface area contributed by atoms with E-state index in [2.05, 4.69) is 4.90 Å². The normalized spacial score (nSPS) is 20.6. The number of likely N-dealkylation sites (tertiary alicyclic amines) is 1. The molecule has 5 heterocycles. The Labute approximate surface area is 195 Å². The van der Waals surface area contributed by atoms with Crippen LogP contribution < -0.4 is 16.7 Å². The molecule has 3 aromatic rings. The molecular formula is C25H27N3O6. The molecule has 2 bridgehead atoms. The lowest BCUT2D eigenvalue weighted by molar-refractivity contribution is -0.118. The molecule has 3 N–H and O–H groups in total. The quantitative estimate of drug-likeness (QED) is 0.569. The number of nitrogens with zero attached hydrogens (tertiary/aromatic N) is 2. The summed E-state index contributed by atoms with van der Waals surface area (Å²) < 4.78 is 13.5. The number of primary amides is 1. The van der Waals surface area contributed by atoms with Gasteiger partial charge in [0.1, 0.15) is 17.3 Å². The average Bonchev–Trinajstić information content (AvgIpc) is 3.21. The number of aromatic hydroxyl groups is 1. The van der Waals surface area contributed by atoms with Gasteiger partial charge < -0.3 is 24.2 Å². The van der Waals surface area contributed by atoms with Gasteiger partial charge in [-0.2, -0.15) is 0 Å². The van der Waals surface area contributed by atoms with Gasteiger partial charge in [0.05, 0.1) is 12.5 Å².